The second kappa shape index (κ2) is 5.00. The molecule has 2 rings (SSSR count). The van der Waals surface area contributed by atoms with Crippen molar-refractivity contribution in [3.63, 3.8) is 0 Å². The lowest BCUT2D eigenvalue weighted by Crippen LogP contribution is -2.32. The van der Waals surface area contributed by atoms with Crippen LogP contribution in [-0.2, 0) is 4.79 Å². The van der Waals surface area contributed by atoms with E-state index in [9.17, 15) is 9.90 Å². The van der Waals surface area contributed by atoms with E-state index in [0.717, 1.165) is 24.8 Å². The second-order valence-corrected chi connectivity index (χ2v) is 6.37. The van der Waals surface area contributed by atoms with Gasteiger partial charge in [-0.2, -0.15) is 0 Å². The van der Waals surface area contributed by atoms with E-state index in [4.69, 9.17) is 0 Å². The number of fused-ring (bicyclic) bond motifs is 2. The lowest BCUT2D eigenvalue weighted by Gasteiger charge is -2.32. The first-order valence-electron chi connectivity index (χ1n) is 6.93. The number of rotatable bonds is 1. The smallest absolute Gasteiger partial charge is 0.145 e. The van der Waals surface area contributed by atoms with Crippen LogP contribution in [0, 0.1) is 23.7 Å². The molecule has 2 fully saturated rings. The Labute approximate surface area is 110 Å². The average Bonchev–Trinajstić information content (AvgIpc) is 2.36. The number of carbonyl (C=O) groups excluding carboxylic acids is 1. The number of hydrogen-bond acceptors (Lipinski definition) is 2. The van der Waals surface area contributed by atoms with Gasteiger partial charge in [0.15, 0.2) is 0 Å². The number of hydrogen-bond donors (Lipinski definition) is 1. The molecule has 2 heteroatoms. The van der Waals surface area contributed by atoms with Crippen LogP contribution in [0.4, 0.5) is 0 Å². The minimum Gasteiger partial charge on any atom is -0.392 e. The highest BCUT2D eigenvalue weighted by Crippen LogP contribution is 2.44. The molecule has 100 valence electrons. The maximum atomic E-state index is 12.5. The number of aliphatic hydroxyl groups excluding tert-OH is 1. The normalized spacial score (nSPS) is 40.3. The molecule has 2 nitrogen and oxygen atoms in total. The molecule has 1 unspecified atom stereocenters. The van der Waals surface area contributed by atoms with Gasteiger partial charge in [-0.15, -0.1) is 0 Å². The fourth-order valence-corrected chi connectivity index (χ4v) is 3.56. The zero-order valence-electron chi connectivity index (χ0n) is 11.6. The Hall–Kier alpha value is -0.890. The van der Waals surface area contributed by atoms with Crippen molar-refractivity contribution in [3.8, 4) is 0 Å². The van der Waals surface area contributed by atoms with Crippen molar-refractivity contribution in [1.82, 2.24) is 0 Å². The lowest BCUT2D eigenvalue weighted by atomic mass is 9.74. The van der Waals surface area contributed by atoms with Gasteiger partial charge < -0.3 is 5.11 Å². The Morgan fingerprint density at radius 1 is 1.33 bits per heavy atom. The van der Waals surface area contributed by atoms with E-state index in [2.05, 4.69) is 6.58 Å². The third-order valence-electron chi connectivity index (χ3n) is 4.56. The zero-order valence-corrected chi connectivity index (χ0v) is 11.6. The summed E-state index contributed by atoms with van der Waals surface area (Å²) in [6, 6.07) is 0. The van der Waals surface area contributed by atoms with Crippen LogP contribution in [0.1, 0.15) is 40.0 Å². The maximum Gasteiger partial charge on any atom is 0.145 e. The molecule has 2 aliphatic rings. The summed E-state index contributed by atoms with van der Waals surface area (Å²) < 4.78 is 0. The summed E-state index contributed by atoms with van der Waals surface area (Å²) in [6.45, 7) is 10.1. The molecule has 2 bridgehead atoms. The summed E-state index contributed by atoms with van der Waals surface area (Å²) >= 11 is 0. The first-order valence-corrected chi connectivity index (χ1v) is 6.93. The lowest BCUT2D eigenvalue weighted by molar-refractivity contribution is -0.128. The van der Waals surface area contributed by atoms with Gasteiger partial charge in [0.25, 0.3) is 0 Å². The third kappa shape index (κ3) is 2.44. The molecular formula is C16H24O2. The molecule has 0 aliphatic heterocycles. The monoisotopic (exact) mass is 248 g/mol. The fraction of sp³-hybridized carbons (Fsp3) is 0.688. The SMILES string of the molecule is C=C1CC2C[C@@H](C1)[C@H](C)C(=O)[C@@H](C=C(C)C)[C@@H]2O. The standard InChI is InChI=1S/C16H24O2/c1-9(2)5-14-15(17)11(4)12-6-10(3)7-13(8-12)16(14)18/h5,11-14,16,18H,3,6-8H2,1-2,4H3/t11-,12+,13?,14+,16+/m0/s1. The molecule has 0 amide bonds. The minimum atomic E-state index is -0.531. The van der Waals surface area contributed by atoms with Crippen LogP contribution in [0.25, 0.3) is 0 Å². The molecule has 2 saturated carbocycles. The van der Waals surface area contributed by atoms with Crippen LogP contribution in [-0.4, -0.2) is 17.0 Å². The summed E-state index contributed by atoms with van der Waals surface area (Å²) in [4.78, 5) is 12.5. The number of ketones is 1. The van der Waals surface area contributed by atoms with Gasteiger partial charge in [0.2, 0.25) is 0 Å². The van der Waals surface area contributed by atoms with E-state index in [1.54, 1.807) is 0 Å². The number of allylic oxidation sites excluding steroid dienone is 2. The van der Waals surface area contributed by atoms with Crippen molar-refractivity contribution >= 4 is 5.78 Å². The summed E-state index contributed by atoms with van der Waals surface area (Å²) in [5, 5.41) is 10.5. The van der Waals surface area contributed by atoms with Gasteiger partial charge in [-0.25, -0.2) is 0 Å². The molecule has 0 aromatic rings. The highest BCUT2D eigenvalue weighted by atomic mass is 16.3. The second-order valence-electron chi connectivity index (χ2n) is 6.37. The molecule has 0 aromatic heterocycles. The molecule has 0 spiro atoms. The molecule has 0 radical (unpaired) electrons. The van der Waals surface area contributed by atoms with Crippen LogP contribution in [0.15, 0.2) is 23.8 Å². The first kappa shape index (κ1) is 13.5. The molecule has 0 heterocycles. The minimum absolute atomic E-state index is 0.0438. The van der Waals surface area contributed by atoms with Gasteiger partial charge in [0, 0.05) is 5.92 Å². The summed E-state index contributed by atoms with van der Waals surface area (Å²) in [7, 11) is 0. The fourth-order valence-electron chi connectivity index (χ4n) is 3.56. The molecule has 2 aliphatic carbocycles. The van der Waals surface area contributed by atoms with Crippen LogP contribution < -0.4 is 0 Å². The molecule has 18 heavy (non-hydrogen) atoms. The van der Waals surface area contributed by atoms with Gasteiger partial charge in [0.05, 0.1) is 12.0 Å². The van der Waals surface area contributed by atoms with Crippen molar-refractivity contribution in [2.24, 2.45) is 23.7 Å². The van der Waals surface area contributed by atoms with Crippen LogP contribution in [0.5, 0.6) is 0 Å². The van der Waals surface area contributed by atoms with Crippen molar-refractivity contribution in [1.29, 1.82) is 0 Å². The largest absolute Gasteiger partial charge is 0.392 e. The van der Waals surface area contributed by atoms with Gasteiger partial charge in [-0.1, -0.05) is 30.7 Å². The van der Waals surface area contributed by atoms with Gasteiger partial charge in [-0.05, 0) is 44.9 Å². The van der Waals surface area contributed by atoms with Crippen LogP contribution in [0.2, 0.25) is 0 Å². The van der Waals surface area contributed by atoms with E-state index in [-0.39, 0.29) is 23.5 Å². The third-order valence-corrected chi connectivity index (χ3v) is 4.56. The number of aliphatic hydroxyl groups is 1. The predicted octanol–water partition coefficient (Wildman–Crippen LogP) is 3.12. The Bertz CT molecular complexity index is 390. The van der Waals surface area contributed by atoms with Crippen molar-refractivity contribution in [2.45, 2.75) is 46.1 Å². The van der Waals surface area contributed by atoms with E-state index >= 15 is 0 Å². The maximum absolute atomic E-state index is 12.5. The van der Waals surface area contributed by atoms with E-state index in [1.165, 1.54) is 5.57 Å². The van der Waals surface area contributed by atoms with Gasteiger partial charge in [-0.3, -0.25) is 4.79 Å². The molecule has 0 saturated heterocycles. The van der Waals surface area contributed by atoms with E-state index in [1.807, 2.05) is 26.8 Å². The molecule has 0 aromatic carbocycles. The Morgan fingerprint density at radius 3 is 2.56 bits per heavy atom. The number of Topliss-reactive ketones (excluding diaryl/α,β-unsaturated/α-hetero) is 1. The van der Waals surface area contributed by atoms with Crippen molar-refractivity contribution in [3.05, 3.63) is 23.8 Å². The summed E-state index contributed by atoms with van der Waals surface area (Å²) in [6.07, 6.45) is 4.23. The first-order chi connectivity index (χ1) is 8.40. The van der Waals surface area contributed by atoms with Crippen LogP contribution >= 0.6 is 0 Å². The molecular weight excluding hydrogens is 224 g/mol. The molecule has 5 atom stereocenters. The van der Waals surface area contributed by atoms with Gasteiger partial charge >= 0.3 is 0 Å². The van der Waals surface area contributed by atoms with Crippen molar-refractivity contribution in [2.75, 3.05) is 0 Å². The zero-order chi connectivity index (χ0) is 13.4. The Kier molecular flexibility index (Phi) is 3.76. The van der Waals surface area contributed by atoms with Gasteiger partial charge in [0.1, 0.15) is 5.78 Å². The van der Waals surface area contributed by atoms with E-state index < -0.39 is 6.10 Å². The Balaban J connectivity index is 2.35. The number of carbonyl (C=O) groups is 1. The van der Waals surface area contributed by atoms with Crippen LogP contribution in [0.3, 0.4) is 0 Å². The average molecular weight is 248 g/mol. The molecule has 1 N–H and O–H groups in total. The Morgan fingerprint density at radius 2 is 1.94 bits per heavy atom. The van der Waals surface area contributed by atoms with Crippen molar-refractivity contribution < 1.29 is 9.90 Å². The summed E-state index contributed by atoms with van der Waals surface area (Å²) in [5.74, 6) is 0.541. The predicted molar refractivity (Wildman–Crippen MR) is 73.1 cm³/mol. The highest BCUT2D eigenvalue weighted by Gasteiger charge is 2.43. The topological polar surface area (TPSA) is 37.3 Å². The highest BCUT2D eigenvalue weighted by molar-refractivity contribution is 5.86. The van der Waals surface area contributed by atoms with E-state index in [0.29, 0.717) is 5.92 Å². The summed E-state index contributed by atoms with van der Waals surface area (Å²) in [5.41, 5.74) is 2.31. The quantitative estimate of drug-likeness (QED) is 0.724.